The summed E-state index contributed by atoms with van der Waals surface area (Å²) in [6.07, 6.45) is 2.38. The molecule has 0 aromatic rings. The van der Waals surface area contributed by atoms with Crippen LogP contribution < -0.4 is 0 Å². The van der Waals surface area contributed by atoms with Gasteiger partial charge in [0.15, 0.2) is 0 Å². The molecule has 6 heteroatoms. The first-order valence-corrected chi connectivity index (χ1v) is 9.09. The largest absolute Gasteiger partial charge is 0.444 e. The number of β-amino-alcohol motifs (C(OH)–C–C–N with tert-alkyl or cyclic N) is 1. The molecule has 0 radical (unpaired) electrons. The maximum Gasteiger partial charge on any atom is 0.410 e. The van der Waals surface area contributed by atoms with Crippen molar-refractivity contribution < 1.29 is 19.4 Å². The van der Waals surface area contributed by atoms with E-state index in [1.807, 2.05) is 27.7 Å². The van der Waals surface area contributed by atoms with Gasteiger partial charge in [0.25, 0.3) is 0 Å². The van der Waals surface area contributed by atoms with Crippen LogP contribution in [-0.2, 0) is 9.53 Å². The number of carbonyl (C=O) groups excluding carboxylic acids is 2. The van der Waals surface area contributed by atoms with Gasteiger partial charge >= 0.3 is 6.09 Å². The Labute approximate surface area is 145 Å². The number of piperidine rings is 2. The molecule has 2 rings (SSSR count). The Morgan fingerprint density at radius 3 is 2.21 bits per heavy atom. The van der Waals surface area contributed by atoms with Gasteiger partial charge in [-0.05, 0) is 51.9 Å². The number of likely N-dealkylation sites (tertiary alicyclic amines) is 2. The fourth-order valence-electron chi connectivity index (χ4n) is 3.30. The Bertz CT molecular complexity index is 452. The van der Waals surface area contributed by atoms with E-state index in [9.17, 15) is 14.7 Å². The summed E-state index contributed by atoms with van der Waals surface area (Å²) in [4.78, 5) is 28.0. The van der Waals surface area contributed by atoms with Crippen LogP contribution in [0.5, 0.6) is 0 Å². The lowest BCUT2D eigenvalue weighted by Gasteiger charge is -2.36. The van der Waals surface area contributed by atoms with Crippen LogP contribution in [0.1, 0.15) is 53.4 Å². The van der Waals surface area contributed by atoms with Gasteiger partial charge in [-0.15, -0.1) is 0 Å². The number of amides is 2. The van der Waals surface area contributed by atoms with E-state index >= 15 is 0 Å². The van der Waals surface area contributed by atoms with Crippen molar-refractivity contribution in [2.24, 2.45) is 11.8 Å². The van der Waals surface area contributed by atoms with Crippen LogP contribution in [0.25, 0.3) is 0 Å². The lowest BCUT2D eigenvalue weighted by molar-refractivity contribution is -0.136. The van der Waals surface area contributed by atoms with Gasteiger partial charge in [0.05, 0.1) is 6.10 Å². The van der Waals surface area contributed by atoms with Gasteiger partial charge in [-0.3, -0.25) is 4.79 Å². The minimum absolute atomic E-state index is 0.136. The van der Waals surface area contributed by atoms with Crippen molar-refractivity contribution in [1.82, 2.24) is 9.80 Å². The van der Waals surface area contributed by atoms with Crippen LogP contribution in [0.15, 0.2) is 0 Å². The molecule has 2 aliphatic heterocycles. The second-order valence-corrected chi connectivity index (χ2v) is 8.29. The number of carbonyl (C=O) groups is 2. The first-order chi connectivity index (χ1) is 11.2. The third-order valence-electron chi connectivity index (χ3n) is 5.00. The molecular weight excluding hydrogens is 308 g/mol. The topological polar surface area (TPSA) is 70.1 Å². The van der Waals surface area contributed by atoms with Crippen molar-refractivity contribution in [3.63, 3.8) is 0 Å². The average Bonchev–Trinajstić information content (AvgIpc) is 2.49. The quantitative estimate of drug-likeness (QED) is 0.837. The lowest BCUT2D eigenvalue weighted by atomic mass is 9.91. The lowest BCUT2D eigenvalue weighted by Crippen LogP contribution is -2.47. The van der Waals surface area contributed by atoms with Gasteiger partial charge in [0.1, 0.15) is 5.60 Å². The summed E-state index contributed by atoms with van der Waals surface area (Å²) in [6.45, 7) is 10.1. The molecule has 1 N–H and O–H groups in total. The molecule has 2 fully saturated rings. The standard InChI is InChI=1S/C18H32N2O4/c1-13-5-8-20(12-15(13)21)16(22)11-14-6-9-19(10-7-14)17(23)24-18(2,3)4/h13-15,21H,5-12H2,1-4H3. The predicted molar refractivity (Wildman–Crippen MR) is 91.5 cm³/mol. The number of ether oxygens (including phenoxy) is 1. The molecule has 0 spiro atoms. The number of rotatable bonds is 2. The summed E-state index contributed by atoms with van der Waals surface area (Å²) in [7, 11) is 0. The first-order valence-electron chi connectivity index (χ1n) is 9.09. The highest BCUT2D eigenvalue weighted by molar-refractivity contribution is 5.76. The molecular formula is C18H32N2O4. The van der Waals surface area contributed by atoms with Crippen molar-refractivity contribution in [2.75, 3.05) is 26.2 Å². The third-order valence-corrected chi connectivity index (χ3v) is 5.00. The normalized spacial score (nSPS) is 26.4. The van der Waals surface area contributed by atoms with Crippen molar-refractivity contribution in [1.29, 1.82) is 0 Å². The second-order valence-electron chi connectivity index (χ2n) is 8.29. The molecule has 6 nitrogen and oxygen atoms in total. The molecule has 0 saturated carbocycles. The molecule has 0 aliphatic carbocycles. The number of nitrogens with zero attached hydrogens (tertiary/aromatic N) is 2. The summed E-state index contributed by atoms with van der Waals surface area (Å²) < 4.78 is 5.39. The van der Waals surface area contributed by atoms with E-state index in [0.29, 0.717) is 32.0 Å². The van der Waals surface area contributed by atoms with Gasteiger partial charge in [-0.1, -0.05) is 6.92 Å². The Kier molecular flexibility index (Phi) is 6.12. The molecule has 24 heavy (non-hydrogen) atoms. The van der Waals surface area contributed by atoms with E-state index in [4.69, 9.17) is 4.74 Å². The maximum atomic E-state index is 12.4. The van der Waals surface area contributed by atoms with Gasteiger partial charge < -0.3 is 19.6 Å². The first kappa shape index (κ1) is 19.0. The zero-order valence-corrected chi connectivity index (χ0v) is 15.5. The zero-order valence-electron chi connectivity index (χ0n) is 15.5. The van der Waals surface area contributed by atoms with Gasteiger partial charge in [-0.25, -0.2) is 4.79 Å². The summed E-state index contributed by atoms with van der Waals surface area (Å²) in [5.74, 6) is 0.718. The van der Waals surface area contributed by atoms with Gasteiger partial charge in [0.2, 0.25) is 5.91 Å². The number of hydrogen-bond donors (Lipinski definition) is 1. The van der Waals surface area contributed by atoms with Crippen molar-refractivity contribution in [3.05, 3.63) is 0 Å². The van der Waals surface area contributed by atoms with E-state index in [-0.39, 0.29) is 17.9 Å². The second kappa shape index (κ2) is 7.72. The van der Waals surface area contributed by atoms with E-state index in [2.05, 4.69) is 0 Å². The number of hydrogen-bond acceptors (Lipinski definition) is 4. The van der Waals surface area contributed by atoms with E-state index < -0.39 is 11.7 Å². The number of aliphatic hydroxyl groups excluding tert-OH is 1. The van der Waals surface area contributed by atoms with Crippen LogP contribution in [0.4, 0.5) is 4.79 Å². The smallest absolute Gasteiger partial charge is 0.410 e. The number of aliphatic hydroxyl groups is 1. The SMILES string of the molecule is CC1CCN(C(=O)CC2CCN(C(=O)OC(C)(C)C)CC2)CC1O. The Morgan fingerprint density at radius 1 is 1.08 bits per heavy atom. The highest BCUT2D eigenvalue weighted by atomic mass is 16.6. The molecule has 2 amide bonds. The Morgan fingerprint density at radius 2 is 1.67 bits per heavy atom. The fourth-order valence-corrected chi connectivity index (χ4v) is 3.30. The molecule has 0 aromatic carbocycles. The van der Waals surface area contributed by atoms with Crippen LogP contribution in [0.3, 0.4) is 0 Å². The summed E-state index contributed by atoms with van der Waals surface area (Å²) >= 11 is 0. The summed E-state index contributed by atoms with van der Waals surface area (Å²) in [5, 5.41) is 9.94. The fraction of sp³-hybridized carbons (Fsp3) is 0.889. The van der Waals surface area contributed by atoms with Crippen LogP contribution in [-0.4, -0.2) is 64.8 Å². The zero-order chi connectivity index (χ0) is 17.9. The van der Waals surface area contributed by atoms with E-state index in [1.54, 1.807) is 9.80 Å². The highest BCUT2D eigenvalue weighted by Crippen LogP contribution is 2.24. The molecule has 2 heterocycles. The average molecular weight is 340 g/mol. The van der Waals surface area contributed by atoms with Crippen LogP contribution in [0.2, 0.25) is 0 Å². The molecule has 138 valence electrons. The van der Waals surface area contributed by atoms with Gasteiger partial charge in [0, 0.05) is 32.6 Å². The third kappa shape index (κ3) is 5.36. The van der Waals surface area contributed by atoms with E-state index in [1.165, 1.54) is 0 Å². The molecule has 0 bridgehead atoms. The summed E-state index contributed by atoms with van der Waals surface area (Å²) in [5.41, 5.74) is -0.476. The van der Waals surface area contributed by atoms with Crippen molar-refractivity contribution in [2.45, 2.75) is 65.1 Å². The van der Waals surface area contributed by atoms with E-state index in [0.717, 1.165) is 25.8 Å². The Balaban J connectivity index is 1.75. The highest BCUT2D eigenvalue weighted by Gasteiger charge is 2.31. The molecule has 2 saturated heterocycles. The van der Waals surface area contributed by atoms with Crippen LogP contribution in [0, 0.1) is 11.8 Å². The molecule has 2 atom stereocenters. The monoisotopic (exact) mass is 340 g/mol. The molecule has 2 unspecified atom stereocenters. The minimum atomic E-state index is -0.476. The maximum absolute atomic E-state index is 12.4. The minimum Gasteiger partial charge on any atom is -0.444 e. The van der Waals surface area contributed by atoms with Crippen molar-refractivity contribution in [3.8, 4) is 0 Å². The molecule has 0 aromatic heterocycles. The van der Waals surface area contributed by atoms with Crippen LogP contribution >= 0.6 is 0 Å². The Hall–Kier alpha value is -1.30. The summed E-state index contributed by atoms with van der Waals surface area (Å²) in [6, 6.07) is 0. The van der Waals surface area contributed by atoms with Gasteiger partial charge in [-0.2, -0.15) is 0 Å². The predicted octanol–water partition coefficient (Wildman–Crippen LogP) is 2.25. The molecule has 2 aliphatic rings. The van der Waals surface area contributed by atoms with Crippen molar-refractivity contribution >= 4 is 12.0 Å².